The fourth-order valence-corrected chi connectivity index (χ4v) is 1.79. The third kappa shape index (κ3) is 33.8. The zero-order valence-electron chi connectivity index (χ0n) is 19.8. The molecule has 0 bridgehead atoms. The van der Waals surface area contributed by atoms with E-state index >= 15 is 0 Å². The Balaban J connectivity index is -0.000000415. The molecule has 1 saturated heterocycles. The molecule has 15 heteroatoms. The van der Waals surface area contributed by atoms with Crippen molar-refractivity contribution in [3.63, 3.8) is 0 Å². The maximum absolute atomic E-state index is 11.5. The minimum absolute atomic E-state index is 0.263. The number of esters is 3. The van der Waals surface area contributed by atoms with E-state index in [4.69, 9.17) is 10.2 Å². The molecule has 0 amide bonds. The highest BCUT2D eigenvalue weighted by atomic mass is 19.4. The lowest BCUT2D eigenvalue weighted by molar-refractivity contribution is -0.160. The maximum Gasteiger partial charge on any atom is 0.392 e. The summed E-state index contributed by atoms with van der Waals surface area (Å²) in [5.41, 5.74) is 0. The first-order valence-electron chi connectivity index (χ1n) is 10.6. The maximum atomic E-state index is 11.5. The molecule has 35 heavy (non-hydrogen) atoms. The van der Waals surface area contributed by atoms with Gasteiger partial charge in [-0.25, -0.2) is 0 Å². The third-order valence-corrected chi connectivity index (χ3v) is 3.69. The molecule has 0 aromatic carbocycles. The summed E-state index contributed by atoms with van der Waals surface area (Å²) < 4.78 is 75.5. The van der Waals surface area contributed by atoms with E-state index < -0.39 is 75.1 Å². The largest absolute Gasteiger partial charge is 0.481 e. The number of aliphatic carboxylic acids is 1. The first-order chi connectivity index (χ1) is 16.0. The Bertz CT molecular complexity index is 588. The van der Waals surface area contributed by atoms with Crippen molar-refractivity contribution in [2.24, 2.45) is 0 Å². The minimum atomic E-state index is -4.37. The van der Waals surface area contributed by atoms with Gasteiger partial charge in [-0.3, -0.25) is 19.2 Å². The van der Waals surface area contributed by atoms with Crippen LogP contribution in [0.5, 0.6) is 0 Å². The van der Waals surface area contributed by atoms with Gasteiger partial charge in [-0.05, 0) is 19.6 Å². The zero-order chi connectivity index (χ0) is 28.1. The molecule has 1 rings (SSSR count). The normalized spacial score (nSPS) is 12.9. The van der Waals surface area contributed by atoms with Crippen molar-refractivity contribution < 1.29 is 65.2 Å². The van der Waals surface area contributed by atoms with Crippen LogP contribution in [0.2, 0.25) is 0 Å². The molecule has 1 aliphatic rings. The molecular weight excluding hydrogens is 496 g/mol. The van der Waals surface area contributed by atoms with Crippen LogP contribution in [0.1, 0.15) is 59.3 Å². The number of carbonyl (C=O) groups is 4. The van der Waals surface area contributed by atoms with E-state index in [1.54, 1.807) is 0 Å². The van der Waals surface area contributed by atoms with E-state index in [0.29, 0.717) is 0 Å². The van der Waals surface area contributed by atoms with Gasteiger partial charge in [-0.2, -0.15) is 26.3 Å². The molecule has 0 aromatic rings. The van der Waals surface area contributed by atoms with Crippen molar-refractivity contribution in [1.82, 2.24) is 4.90 Å². The molecule has 208 valence electrons. The van der Waals surface area contributed by atoms with Crippen LogP contribution in [-0.4, -0.2) is 84.2 Å². The predicted molar refractivity (Wildman–Crippen MR) is 110 cm³/mol. The average Bonchev–Trinajstić information content (AvgIpc) is 3.10. The molecule has 1 fully saturated rings. The Morgan fingerprint density at radius 2 is 1.31 bits per heavy atom. The summed E-state index contributed by atoms with van der Waals surface area (Å²) in [5, 5.41) is 15.8. The highest BCUT2D eigenvalue weighted by Gasteiger charge is 2.27. The van der Waals surface area contributed by atoms with E-state index in [-0.39, 0.29) is 12.8 Å². The number of hydrogen-bond acceptors (Lipinski definition) is 8. The van der Waals surface area contributed by atoms with Crippen LogP contribution in [-0.2, 0) is 28.7 Å². The number of halogens is 6. The molecule has 0 unspecified atom stereocenters. The summed E-state index contributed by atoms with van der Waals surface area (Å²) >= 11 is 0. The molecule has 0 aliphatic carbocycles. The van der Waals surface area contributed by atoms with E-state index in [1.165, 1.54) is 19.6 Å². The van der Waals surface area contributed by atoms with E-state index in [0.717, 1.165) is 0 Å². The number of alkyl halides is 6. The molecule has 0 radical (unpaired) electrons. The van der Waals surface area contributed by atoms with Crippen molar-refractivity contribution in [2.45, 2.75) is 71.6 Å². The molecule has 0 atom stereocenters. The number of rotatable bonds is 9. The number of ether oxygens (including phenoxy) is 2. The Hall–Kier alpha value is -2.42. The predicted octanol–water partition coefficient (Wildman–Crippen LogP) is 3.48. The van der Waals surface area contributed by atoms with Gasteiger partial charge in [0.25, 0.3) is 0 Å². The molecule has 0 saturated carbocycles. The summed E-state index contributed by atoms with van der Waals surface area (Å²) in [7, 11) is 0. The molecule has 9 nitrogen and oxygen atoms in total. The standard InChI is InChI=1S/C7H9F3O4.C6H15N.C4H4O3.C3H5F3O/c8-7(9,10)3-4-14-6(13)2-1-5(11)12;1-4-7(5-2)6-3;5-3-1-2-4(6)7-3;4-3(5,6)1-2-7/h1-4H2,(H,11,12);4-6H2,1-3H3;1-2H2;7H,1-2H2. The van der Waals surface area contributed by atoms with E-state index in [1.807, 2.05) is 0 Å². The summed E-state index contributed by atoms with van der Waals surface area (Å²) in [6, 6.07) is 0. The Labute approximate surface area is 199 Å². The van der Waals surface area contributed by atoms with Crippen LogP contribution in [0.25, 0.3) is 0 Å². The first kappa shape index (κ1) is 37.1. The fraction of sp³-hybridized carbons (Fsp3) is 0.800. The second-order valence-corrected chi connectivity index (χ2v) is 6.53. The minimum Gasteiger partial charge on any atom is -0.481 e. The number of aliphatic hydroxyl groups is 1. The van der Waals surface area contributed by atoms with E-state index in [9.17, 15) is 45.5 Å². The highest BCUT2D eigenvalue weighted by Crippen LogP contribution is 2.19. The number of nitrogens with zero attached hydrogens (tertiary/aromatic N) is 1. The number of cyclic esters (lactones) is 2. The van der Waals surface area contributed by atoms with Gasteiger partial charge in [0.05, 0.1) is 51.7 Å². The molecule has 2 N–H and O–H groups in total. The smallest absolute Gasteiger partial charge is 0.392 e. The van der Waals surface area contributed by atoms with Crippen LogP contribution in [0.15, 0.2) is 0 Å². The Morgan fingerprint density at radius 3 is 1.51 bits per heavy atom. The van der Waals surface area contributed by atoms with Crippen molar-refractivity contribution >= 4 is 23.9 Å². The van der Waals surface area contributed by atoms with Gasteiger partial charge in [0.1, 0.15) is 0 Å². The van der Waals surface area contributed by atoms with Crippen LogP contribution in [0.3, 0.4) is 0 Å². The van der Waals surface area contributed by atoms with Gasteiger partial charge >= 0.3 is 36.2 Å². The highest BCUT2D eigenvalue weighted by molar-refractivity contribution is 5.92. The fourth-order valence-electron chi connectivity index (χ4n) is 1.79. The molecule has 0 spiro atoms. The topological polar surface area (TPSA) is 130 Å². The average molecular weight is 529 g/mol. The zero-order valence-corrected chi connectivity index (χ0v) is 19.8. The van der Waals surface area contributed by atoms with Crippen molar-refractivity contribution in [3.8, 4) is 0 Å². The lowest BCUT2D eigenvalue weighted by atomic mass is 10.3. The lowest BCUT2D eigenvalue weighted by Gasteiger charge is -2.13. The summed E-state index contributed by atoms with van der Waals surface area (Å²) in [5.74, 6) is -2.93. The van der Waals surface area contributed by atoms with Crippen LogP contribution < -0.4 is 0 Å². The monoisotopic (exact) mass is 529 g/mol. The third-order valence-electron chi connectivity index (χ3n) is 3.69. The van der Waals surface area contributed by atoms with Crippen LogP contribution >= 0.6 is 0 Å². The lowest BCUT2D eigenvalue weighted by Crippen LogP contribution is -2.21. The quantitative estimate of drug-likeness (QED) is 0.262. The first-order valence-corrected chi connectivity index (χ1v) is 10.6. The second kappa shape index (κ2) is 20.9. The summed E-state index contributed by atoms with van der Waals surface area (Å²) in [4.78, 5) is 42.9. The van der Waals surface area contributed by atoms with Crippen LogP contribution in [0, 0.1) is 0 Å². The number of hydrogen-bond donors (Lipinski definition) is 2. The number of carboxylic acid groups (broad SMARTS) is 1. The van der Waals surface area contributed by atoms with Gasteiger partial charge in [-0.15, -0.1) is 0 Å². The second-order valence-electron chi connectivity index (χ2n) is 6.53. The van der Waals surface area contributed by atoms with Crippen molar-refractivity contribution in [1.29, 1.82) is 0 Å². The summed E-state index contributed by atoms with van der Waals surface area (Å²) in [6.07, 6.45) is -11.2. The van der Waals surface area contributed by atoms with Gasteiger partial charge in [0, 0.05) is 0 Å². The van der Waals surface area contributed by atoms with Gasteiger partial charge in [0.2, 0.25) is 0 Å². The number of carboxylic acids is 1. The van der Waals surface area contributed by atoms with Crippen molar-refractivity contribution in [2.75, 3.05) is 32.8 Å². The summed E-state index contributed by atoms with van der Waals surface area (Å²) in [6.45, 7) is 8.55. The Morgan fingerprint density at radius 1 is 0.886 bits per heavy atom. The van der Waals surface area contributed by atoms with Gasteiger partial charge in [-0.1, -0.05) is 20.8 Å². The molecule has 1 heterocycles. The molecular formula is C20H33F6NO8. The van der Waals surface area contributed by atoms with Gasteiger partial charge < -0.3 is 24.6 Å². The van der Waals surface area contributed by atoms with E-state index in [2.05, 4.69) is 35.1 Å². The number of aliphatic hydroxyl groups excluding tert-OH is 1. The Kier molecular flexibility index (Phi) is 22.2. The van der Waals surface area contributed by atoms with Crippen molar-refractivity contribution in [3.05, 3.63) is 0 Å². The van der Waals surface area contributed by atoms with Gasteiger partial charge in [0.15, 0.2) is 0 Å². The number of carbonyl (C=O) groups excluding carboxylic acids is 3. The molecule has 1 aliphatic heterocycles. The molecule has 0 aromatic heterocycles. The SMILES string of the molecule is CCN(CC)CC.O=C(O)CCC(=O)OCCC(F)(F)F.O=C1CCC(=O)O1.OCCC(F)(F)F. The van der Waals surface area contributed by atoms with Crippen LogP contribution in [0.4, 0.5) is 26.3 Å².